The van der Waals surface area contributed by atoms with Gasteiger partial charge in [0, 0.05) is 27.7 Å². The highest BCUT2D eigenvalue weighted by Crippen LogP contribution is 2.27. The maximum atomic E-state index is 12.6. The summed E-state index contributed by atoms with van der Waals surface area (Å²) in [6.07, 6.45) is 1.50. The Labute approximate surface area is 199 Å². The third-order valence-electron chi connectivity index (χ3n) is 5.02. The summed E-state index contributed by atoms with van der Waals surface area (Å²) in [7, 11) is 1.32. The Morgan fingerprint density at radius 1 is 1.12 bits per heavy atom. The fourth-order valence-electron chi connectivity index (χ4n) is 3.42. The van der Waals surface area contributed by atoms with Gasteiger partial charge in [0.1, 0.15) is 11.6 Å². The lowest BCUT2D eigenvalue weighted by Crippen LogP contribution is -2.13. The van der Waals surface area contributed by atoms with Crippen LogP contribution in [0.15, 0.2) is 65.1 Å². The van der Waals surface area contributed by atoms with Crippen LogP contribution in [0, 0.1) is 25.2 Å². The molecule has 0 aliphatic rings. The molecule has 1 amide bonds. The molecule has 9 heteroatoms. The number of alkyl halides is 2. The van der Waals surface area contributed by atoms with Gasteiger partial charge in [-0.2, -0.15) is 14.0 Å². The molecule has 0 unspecified atom stereocenters. The van der Waals surface area contributed by atoms with E-state index in [1.165, 1.54) is 37.5 Å². The van der Waals surface area contributed by atoms with Crippen LogP contribution in [-0.2, 0) is 9.53 Å². The molecule has 3 rings (SSSR count). The van der Waals surface area contributed by atoms with Gasteiger partial charge in [-0.05, 0) is 80.1 Å². The van der Waals surface area contributed by atoms with E-state index in [0.717, 1.165) is 17.1 Å². The monoisotopic (exact) mass is 481 g/mol. The second-order valence-corrected chi connectivity index (χ2v) is 8.29. The first-order valence-electron chi connectivity index (χ1n) is 10.1. The summed E-state index contributed by atoms with van der Waals surface area (Å²) in [5, 5.41) is 12.2. The zero-order chi connectivity index (χ0) is 24.8. The highest BCUT2D eigenvalue weighted by molar-refractivity contribution is 7.99. The van der Waals surface area contributed by atoms with Gasteiger partial charge >= 0.3 is 5.97 Å². The number of rotatable bonds is 7. The minimum Gasteiger partial charge on any atom is -0.465 e. The Morgan fingerprint density at radius 3 is 2.32 bits per heavy atom. The third kappa shape index (κ3) is 5.71. The van der Waals surface area contributed by atoms with Crippen molar-refractivity contribution in [2.24, 2.45) is 0 Å². The van der Waals surface area contributed by atoms with Crippen molar-refractivity contribution < 1.29 is 23.1 Å². The molecule has 0 aliphatic carbocycles. The van der Waals surface area contributed by atoms with Crippen LogP contribution in [0.25, 0.3) is 11.8 Å². The van der Waals surface area contributed by atoms with E-state index in [2.05, 4.69) is 5.32 Å². The molecule has 174 valence electrons. The van der Waals surface area contributed by atoms with Gasteiger partial charge in [-0.25, -0.2) is 4.79 Å². The highest BCUT2D eigenvalue weighted by Gasteiger charge is 2.15. The molecular weight excluding hydrogens is 460 g/mol. The Bertz CT molecular complexity index is 1270. The molecule has 0 saturated heterocycles. The Hall–Kier alpha value is -3.90. The molecule has 3 aromatic rings. The number of hydrogen-bond acceptors (Lipinski definition) is 5. The third-order valence-corrected chi connectivity index (χ3v) is 5.74. The smallest absolute Gasteiger partial charge is 0.337 e. The second kappa shape index (κ2) is 10.8. The van der Waals surface area contributed by atoms with Crippen molar-refractivity contribution in [3.8, 4) is 11.8 Å². The van der Waals surface area contributed by atoms with Crippen LogP contribution in [0.1, 0.15) is 27.3 Å². The number of aromatic nitrogens is 1. The molecule has 0 fully saturated rings. The van der Waals surface area contributed by atoms with E-state index >= 15 is 0 Å². The molecule has 1 N–H and O–H groups in total. The van der Waals surface area contributed by atoms with E-state index in [0.29, 0.717) is 33.5 Å². The van der Waals surface area contributed by atoms with E-state index < -0.39 is 17.6 Å². The maximum Gasteiger partial charge on any atom is 0.337 e. The number of nitrogens with zero attached hydrogens (tertiary/aromatic N) is 2. The summed E-state index contributed by atoms with van der Waals surface area (Å²) in [4.78, 5) is 24.7. The standard InChI is InChI=1S/C25H21F2N3O3S/c1-15-12-18(16(2)30(15)21-8-4-17(5-9-21)24(32)33-3)13-19(14-28)23(31)29-20-6-10-22(11-7-20)34-25(26)27/h4-13,25H,1-3H3,(H,29,31). The van der Waals surface area contributed by atoms with Crippen molar-refractivity contribution in [2.75, 3.05) is 12.4 Å². The summed E-state index contributed by atoms with van der Waals surface area (Å²) in [6, 6.07) is 16.6. The van der Waals surface area contributed by atoms with E-state index in [4.69, 9.17) is 4.74 Å². The van der Waals surface area contributed by atoms with Crippen molar-refractivity contribution in [1.82, 2.24) is 4.57 Å². The number of amides is 1. The number of methoxy groups -OCH3 is 1. The quantitative estimate of drug-likeness (QED) is 0.201. The van der Waals surface area contributed by atoms with Crippen molar-refractivity contribution >= 4 is 35.4 Å². The first-order valence-corrected chi connectivity index (χ1v) is 11.0. The predicted octanol–water partition coefficient (Wildman–Crippen LogP) is 5.74. The fraction of sp³-hybridized carbons (Fsp3) is 0.160. The SMILES string of the molecule is COC(=O)c1ccc(-n2c(C)cc(C=C(C#N)C(=O)Nc3ccc(SC(F)F)cc3)c2C)cc1. The van der Waals surface area contributed by atoms with Crippen LogP contribution in [0.3, 0.4) is 0 Å². The zero-order valence-electron chi connectivity index (χ0n) is 18.6. The molecule has 2 aromatic carbocycles. The number of halogens is 2. The number of anilines is 1. The van der Waals surface area contributed by atoms with Crippen molar-refractivity contribution in [1.29, 1.82) is 5.26 Å². The lowest BCUT2D eigenvalue weighted by molar-refractivity contribution is -0.112. The van der Waals surface area contributed by atoms with Gasteiger partial charge in [0.2, 0.25) is 0 Å². The Morgan fingerprint density at radius 2 is 1.76 bits per heavy atom. The predicted molar refractivity (Wildman–Crippen MR) is 127 cm³/mol. The minimum absolute atomic E-state index is 0.104. The zero-order valence-corrected chi connectivity index (χ0v) is 19.5. The summed E-state index contributed by atoms with van der Waals surface area (Å²) >= 11 is 0.410. The number of aryl methyl sites for hydroxylation is 1. The number of carbonyl (C=O) groups is 2. The van der Waals surface area contributed by atoms with Crippen LogP contribution in [0.4, 0.5) is 14.5 Å². The van der Waals surface area contributed by atoms with Gasteiger partial charge < -0.3 is 14.6 Å². The van der Waals surface area contributed by atoms with Crippen LogP contribution in [0.5, 0.6) is 0 Å². The molecule has 0 aliphatic heterocycles. The van der Waals surface area contributed by atoms with Gasteiger partial charge in [-0.15, -0.1) is 0 Å². The number of esters is 1. The number of nitriles is 1. The van der Waals surface area contributed by atoms with Gasteiger partial charge in [0.15, 0.2) is 0 Å². The number of benzene rings is 2. The number of nitrogens with one attached hydrogen (secondary N) is 1. The first kappa shape index (κ1) is 24.7. The molecular formula is C25H21F2N3O3S. The second-order valence-electron chi connectivity index (χ2n) is 7.23. The number of thioether (sulfide) groups is 1. The summed E-state index contributed by atoms with van der Waals surface area (Å²) in [5.74, 6) is -3.56. The minimum atomic E-state index is -2.53. The molecule has 0 saturated carbocycles. The average Bonchev–Trinajstić information content (AvgIpc) is 3.10. The normalized spacial score (nSPS) is 11.3. The molecule has 0 bridgehead atoms. The first-order chi connectivity index (χ1) is 16.2. The van der Waals surface area contributed by atoms with Crippen molar-refractivity contribution in [2.45, 2.75) is 24.5 Å². The fourth-order valence-corrected chi connectivity index (χ4v) is 3.92. The molecule has 1 heterocycles. The molecule has 34 heavy (non-hydrogen) atoms. The van der Waals surface area contributed by atoms with Gasteiger partial charge in [-0.3, -0.25) is 4.79 Å². The topological polar surface area (TPSA) is 84.1 Å². The Balaban J connectivity index is 1.83. The molecule has 0 radical (unpaired) electrons. The molecule has 6 nitrogen and oxygen atoms in total. The lowest BCUT2D eigenvalue weighted by atomic mass is 10.1. The van der Waals surface area contributed by atoms with Gasteiger partial charge in [0.25, 0.3) is 11.7 Å². The lowest BCUT2D eigenvalue weighted by Gasteiger charge is -2.10. The number of ether oxygens (including phenoxy) is 1. The van der Waals surface area contributed by atoms with Gasteiger partial charge in [-0.1, -0.05) is 11.8 Å². The van der Waals surface area contributed by atoms with Crippen LogP contribution < -0.4 is 5.32 Å². The van der Waals surface area contributed by atoms with Crippen LogP contribution >= 0.6 is 11.8 Å². The maximum absolute atomic E-state index is 12.6. The molecule has 1 aromatic heterocycles. The Kier molecular flexibility index (Phi) is 7.87. The summed E-state index contributed by atoms with van der Waals surface area (Å²) in [6.45, 7) is 3.75. The highest BCUT2D eigenvalue weighted by atomic mass is 32.2. The molecule has 0 spiro atoms. The van der Waals surface area contributed by atoms with E-state index in [1.807, 2.05) is 30.6 Å². The summed E-state index contributed by atoms with van der Waals surface area (Å²) in [5.41, 5.74) is 3.89. The van der Waals surface area contributed by atoms with Crippen LogP contribution in [-0.4, -0.2) is 29.3 Å². The van der Waals surface area contributed by atoms with Crippen molar-refractivity contribution in [3.63, 3.8) is 0 Å². The number of carbonyl (C=O) groups excluding carboxylic acids is 2. The van der Waals surface area contributed by atoms with Crippen LogP contribution in [0.2, 0.25) is 0 Å². The van der Waals surface area contributed by atoms with E-state index in [9.17, 15) is 23.6 Å². The van der Waals surface area contributed by atoms with E-state index in [1.54, 1.807) is 24.3 Å². The molecule has 0 atom stereocenters. The largest absolute Gasteiger partial charge is 0.465 e. The average molecular weight is 482 g/mol. The van der Waals surface area contributed by atoms with E-state index in [-0.39, 0.29) is 5.57 Å². The van der Waals surface area contributed by atoms with Gasteiger partial charge in [0.05, 0.1) is 12.7 Å². The van der Waals surface area contributed by atoms with Crippen molar-refractivity contribution in [3.05, 3.63) is 82.7 Å². The summed E-state index contributed by atoms with van der Waals surface area (Å²) < 4.78 is 31.6. The number of hydrogen-bond donors (Lipinski definition) is 1.